The Kier molecular flexibility index (Phi) is 3.80. The normalized spacial score (nSPS) is 12.4. The number of rotatable bonds is 4. The van der Waals surface area contributed by atoms with Gasteiger partial charge in [-0.2, -0.15) is 0 Å². The molecule has 64 valence electrons. The Morgan fingerprint density at radius 2 is 2.08 bits per heavy atom. The van der Waals surface area contributed by atoms with E-state index in [9.17, 15) is 4.66 Å². The second-order valence-electron chi connectivity index (χ2n) is 2.22. The van der Waals surface area contributed by atoms with Crippen molar-refractivity contribution in [1.29, 1.82) is 0 Å². The van der Waals surface area contributed by atoms with Gasteiger partial charge in [-0.25, -0.2) is 0 Å². The Bertz CT molecular complexity index is 236. The van der Waals surface area contributed by atoms with E-state index in [1.54, 1.807) is 6.08 Å². The van der Waals surface area contributed by atoms with E-state index in [0.717, 1.165) is 5.56 Å². The maximum absolute atomic E-state index is 10.1. The first-order chi connectivity index (χ1) is 5.88. The van der Waals surface area contributed by atoms with Crippen molar-refractivity contribution < 1.29 is 20.3 Å². The molecule has 0 aliphatic rings. The van der Waals surface area contributed by atoms with E-state index in [1.807, 2.05) is 30.3 Å². The summed E-state index contributed by atoms with van der Waals surface area (Å²) < 4.78 is 14.8. The van der Waals surface area contributed by atoms with Crippen LogP contribution in [0.15, 0.2) is 43.0 Å². The molecule has 0 heterocycles. The molecule has 1 aromatic rings. The van der Waals surface area contributed by atoms with Gasteiger partial charge in [0.1, 0.15) is 0 Å². The molecule has 3 heteroatoms. The Morgan fingerprint density at radius 3 is 2.58 bits per heavy atom. The number of hydrogen-bond donors (Lipinski definition) is 0. The molecule has 1 rings (SSSR count). The zero-order valence-electron chi connectivity index (χ0n) is 6.44. The highest BCUT2D eigenvalue weighted by molar-refractivity contribution is 5.20. The van der Waals surface area contributed by atoms with Gasteiger partial charge >= 0.3 is 11.3 Å². The van der Waals surface area contributed by atoms with E-state index in [4.69, 9.17) is 4.29 Å². The molecule has 1 atom stereocenters. The van der Waals surface area contributed by atoms with E-state index in [0.29, 0.717) is 11.3 Å². The third kappa shape index (κ3) is 2.34. The van der Waals surface area contributed by atoms with Crippen molar-refractivity contribution in [3.8, 4) is 0 Å². The minimum absolute atomic E-state index is 0.336. The molecule has 0 spiro atoms. The van der Waals surface area contributed by atoms with E-state index < -0.39 is 0 Å². The van der Waals surface area contributed by atoms with E-state index in [1.165, 1.54) is 0 Å². The van der Waals surface area contributed by atoms with Crippen LogP contribution in [-0.2, 0) is 4.29 Å². The lowest BCUT2D eigenvalue weighted by atomic mass is 10.1. The molecule has 0 fully saturated rings. The van der Waals surface area contributed by atoms with Gasteiger partial charge in [0, 0.05) is 0 Å². The van der Waals surface area contributed by atoms with Crippen LogP contribution in [0, 0.1) is 11.3 Å². The topological polar surface area (TPSA) is 32.3 Å². The van der Waals surface area contributed by atoms with Crippen LogP contribution in [-0.4, -0.2) is 0 Å². The van der Waals surface area contributed by atoms with E-state index >= 15 is 0 Å². The third-order valence-electron chi connectivity index (χ3n) is 1.47. The molecule has 0 radical (unpaired) electrons. The highest BCUT2D eigenvalue weighted by Crippen LogP contribution is 2.17. The lowest BCUT2D eigenvalue weighted by Crippen LogP contribution is -2.08. The number of halogens is 1. The first kappa shape index (κ1) is 9.26. The van der Waals surface area contributed by atoms with Gasteiger partial charge in [0.05, 0.1) is 0 Å². The molecule has 0 saturated heterocycles. The predicted octanol–water partition coefficient (Wildman–Crippen LogP) is 1.21. The number of benzene rings is 1. The fourth-order valence-corrected chi connectivity index (χ4v) is 1.16. The Hall–Kier alpha value is -0.830. The zero-order chi connectivity index (χ0) is 8.81. The molecule has 0 bridgehead atoms. The van der Waals surface area contributed by atoms with Crippen molar-refractivity contribution in [2.75, 3.05) is 0 Å². The first-order valence-corrected chi connectivity index (χ1v) is 4.10. The molecule has 0 saturated carbocycles. The second kappa shape index (κ2) is 4.93. The molecule has 0 N–H and O–H groups in total. The monoisotopic (exact) mass is 184 g/mol. The lowest BCUT2D eigenvalue weighted by Gasteiger charge is -2.04. The summed E-state index contributed by atoms with van der Waals surface area (Å²) in [5.41, 5.74) is 0.927. The summed E-state index contributed by atoms with van der Waals surface area (Å²) >= 11 is 0.537. The van der Waals surface area contributed by atoms with Crippen LogP contribution in [0.3, 0.4) is 0 Å². The van der Waals surface area contributed by atoms with Gasteiger partial charge in [0.15, 0.2) is 6.10 Å². The van der Waals surface area contributed by atoms with Crippen molar-refractivity contribution in [3.05, 3.63) is 48.6 Å². The smallest absolute Gasteiger partial charge is 0.331 e. The Balaban J connectivity index is 2.73. The molecule has 0 amide bonds. The van der Waals surface area contributed by atoms with Crippen molar-refractivity contribution in [3.63, 3.8) is 0 Å². The van der Waals surface area contributed by atoms with Crippen LogP contribution in [0.4, 0.5) is 0 Å². The third-order valence-corrected chi connectivity index (χ3v) is 1.74. The van der Waals surface area contributed by atoms with Gasteiger partial charge in [-0.15, -0.1) is 0 Å². The van der Waals surface area contributed by atoms with Gasteiger partial charge in [-0.3, -0.25) is 0 Å². The minimum Gasteiger partial charge on any atom is -0.506 e. The lowest BCUT2D eigenvalue weighted by molar-refractivity contribution is -1.27. The molecular formula is C9H9ClO2. The summed E-state index contributed by atoms with van der Waals surface area (Å²) in [4.78, 5) is 0. The quantitative estimate of drug-likeness (QED) is 0.659. The molecular weight excluding hydrogens is 176 g/mol. The Labute approximate surface area is 75.5 Å². The van der Waals surface area contributed by atoms with E-state index in [2.05, 4.69) is 6.58 Å². The van der Waals surface area contributed by atoms with Crippen molar-refractivity contribution in [2.45, 2.75) is 6.10 Å². The Morgan fingerprint density at radius 1 is 1.42 bits per heavy atom. The fourth-order valence-electron chi connectivity index (χ4n) is 0.906. The van der Waals surface area contributed by atoms with Gasteiger partial charge in [0.25, 0.3) is 0 Å². The first-order valence-electron chi connectivity index (χ1n) is 3.49. The van der Waals surface area contributed by atoms with E-state index in [-0.39, 0.29) is 6.10 Å². The largest absolute Gasteiger partial charge is 0.506 e. The summed E-state index contributed by atoms with van der Waals surface area (Å²) in [6.45, 7) is 3.57. The fraction of sp³-hybridized carbons (Fsp3) is 0.111. The summed E-state index contributed by atoms with van der Waals surface area (Å²) in [5.74, 6) is 0. The van der Waals surface area contributed by atoms with Crippen LogP contribution in [0.25, 0.3) is 0 Å². The zero-order valence-corrected chi connectivity index (χ0v) is 7.20. The van der Waals surface area contributed by atoms with Crippen LogP contribution >= 0.6 is 0 Å². The highest BCUT2D eigenvalue weighted by Gasteiger charge is 2.11. The van der Waals surface area contributed by atoms with Crippen LogP contribution in [0.2, 0.25) is 0 Å². The van der Waals surface area contributed by atoms with Gasteiger partial charge in [0.2, 0.25) is 0 Å². The molecule has 0 aliphatic carbocycles. The summed E-state index contributed by atoms with van der Waals surface area (Å²) in [7, 11) is 0. The predicted molar refractivity (Wildman–Crippen MR) is 40.5 cm³/mol. The summed E-state index contributed by atoms with van der Waals surface area (Å²) in [6.07, 6.45) is 1.25. The molecule has 2 nitrogen and oxygen atoms in total. The molecule has 12 heavy (non-hydrogen) atoms. The van der Waals surface area contributed by atoms with Crippen molar-refractivity contribution in [1.82, 2.24) is 0 Å². The van der Waals surface area contributed by atoms with Crippen LogP contribution in [0.1, 0.15) is 11.7 Å². The van der Waals surface area contributed by atoms with Crippen LogP contribution < -0.4 is 4.66 Å². The van der Waals surface area contributed by atoms with Crippen molar-refractivity contribution in [2.24, 2.45) is 0 Å². The molecule has 0 aliphatic heterocycles. The standard InChI is InChI=1S/C9H9ClO2/c1-2-9(12-10-11)8-6-4-3-5-7-8/h2-7,9H,1H2. The summed E-state index contributed by atoms with van der Waals surface area (Å²) in [5, 5.41) is 0. The molecule has 0 aromatic heterocycles. The van der Waals surface area contributed by atoms with Crippen molar-refractivity contribution >= 4 is 0 Å². The molecule has 1 aromatic carbocycles. The van der Waals surface area contributed by atoms with Gasteiger partial charge in [-0.1, -0.05) is 47.3 Å². The SMILES string of the molecule is C=CC(O[Cl+][O-])c1ccccc1. The minimum atomic E-state index is -0.336. The van der Waals surface area contributed by atoms with Crippen LogP contribution in [0.5, 0.6) is 0 Å². The van der Waals surface area contributed by atoms with Gasteiger partial charge in [-0.05, 0) is 5.56 Å². The number of hydrogen-bond acceptors (Lipinski definition) is 2. The molecule has 1 unspecified atom stereocenters. The maximum atomic E-state index is 10.1. The second-order valence-corrected chi connectivity index (χ2v) is 2.52. The summed E-state index contributed by atoms with van der Waals surface area (Å²) in [6, 6.07) is 9.45. The average molecular weight is 185 g/mol. The average Bonchev–Trinajstić information content (AvgIpc) is 2.15. The van der Waals surface area contributed by atoms with Gasteiger partial charge < -0.3 is 4.66 Å². The maximum Gasteiger partial charge on any atom is 0.331 e. The highest BCUT2D eigenvalue weighted by atomic mass is 35.6.